The lowest BCUT2D eigenvalue weighted by Crippen LogP contribution is -2.54. The van der Waals surface area contributed by atoms with Gasteiger partial charge in [0.2, 0.25) is 5.91 Å². The molecular weight excluding hydrogens is 244 g/mol. The molecule has 0 aromatic heterocycles. The molecule has 1 rings (SSSR count). The molecule has 1 heterocycles. The number of rotatable bonds is 3. The first-order valence-corrected chi connectivity index (χ1v) is 6.92. The first-order valence-electron chi connectivity index (χ1n) is 6.92. The SMILES string of the molecule is CCC1(C(=O)O)CCN(C(=O)C(N)C(C)(C)C)CC1. The number of amides is 1. The number of carbonyl (C=O) groups is 2. The Labute approximate surface area is 115 Å². The van der Waals surface area contributed by atoms with Crippen molar-refractivity contribution in [3.05, 3.63) is 0 Å². The third-order valence-corrected chi connectivity index (χ3v) is 4.36. The van der Waals surface area contributed by atoms with Gasteiger partial charge in [-0.15, -0.1) is 0 Å². The molecule has 0 bridgehead atoms. The fraction of sp³-hybridized carbons (Fsp3) is 0.857. The summed E-state index contributed by atoms with van der Waals surface area (Å²) in [5, 5.41) is 9.32. The number of nitrogens with two attached hydrogens (primary N) is 1. The van der Waals surface area contributed by atoms with Crippen molar-refractivity contribution in [2.24, 2.45) is 16.6 Å². The van der Waals surface area contributed by atoms with Crippen LogP contribution in [-0.4, -0.2) is 41.0 Å². The molecule has 1 unspecified atom stereocenters. The van der Waals surface area contributed by atoms with E-state index in [9.17, 15) is 14.7 Å². The third kappa shape index (κ3) is 3.26. The minimum atomic E-state index is -0.748. The zero-order valence-corrected chi connectivity index (χ0v) is 12.4. The van der Waals surface area contributed by atoms with E-state index in [1.165, 1.54) is 0 Å². The highest BCUT2D eigenvalue weighted by Gasteiger charge is 2.42. The molecule has 0 aromatic carbocycles. The lowest BCUT2D eigenvalue weighted by molar-refractivity contribution is -0.155. The Morgan fingerprint density at radius 3 is 2.11 bits per heavy atom. The second kappa shape index (κ2) is 5.49. The Morgan fingerprint density at radius 1 is 1.32 bits per heavy atom. The van der Waals surface area contributed by atoms with Crippen LogP contribution in [0.3, 0.4) is 0 Å². The van der Waals surface area contributed by atoms with Crippen molar-refractivity contribution in [2.75, 3.05) is 13.1 Å². The van der Waals surface area contributed by atoms with Crippen molar-refractivity contribution in [3.8, 4) is 0 Å². The second-order valence-corrected chi connectivity index (χ2v) is 6.61. The number of carboxylic acid groups (broad SMARTS) is 1. The van der Waals surface area contributed by atoms with Crippen LogP contribution in [0.4, 0.5) is 0 Å². The highest BCUT2D eigenvalue weighted by atomic mass is 16.4. The van der Waals surface area contributed by atoms with Crippen LogP contribution in [0.25, 0.3) is 0 Å². The largest absolute Gasteiger partial charge is 0.481 e. The Bertz CT molecular complexity index is 352. The lowest BCUT2D eigenvalue weighted by atomic mass is 9.76. The number of piperidine rings is 1. The molecule has 1 aliphatic rings. The quantitative estimate of drug-likeness (QED) is 0.813. The Morgan fingerprint density at radius 2 is 1.79 bits per heavy atom. The molecule has 5 nitrogen and oxygen atoms in total. The van der Waals surface area contributed by atoms with Crippen LogP contribution >= 0.6 is 0 Å². The highest BCUT2D eigenvalue weighted by Crippen LogP contribution is 2.35. The fourth-order valence-electron chi connectivity index (χ4n) is 2.44. The van der Waals surface area contributed by atoms with Crippen LogP contribution in [-0.2, 0) is 9.59 Å². The van der Waals surface area contributed by atoms with E-state index in [-0.39, 0.29) is 11.3 Å². The van der Waals surface area contributed by atoms with Gasteiger partial charge >= 0.3 is 5.97 Å². The molecule has 1 fully saturated rings. The predicted molar refractivity (Wildman–Crippen MR) is 73.6 cm³/mol. The van der Waals surface area contributed by atoms with Crippen LogP contribution in [0, 0.1) is 10.8 Å². The van der Waals surface area contributed by atoms with E-state index >= 15 is 0 Å². The van der Waals surface area contributed by atoms with Gasteiger partial charge in [0.15, 0.2) is 0 Å². The summed E-state index contributed by atoms with van der Waals surface area (Å²) in [5.74, 6) is -0.815. The Hall–Kier alpha value is -1.10. The van der Waals surface area contributed by atoms with Gasteiger partial charge in [-0.1, -0.05) is 27.7 Å². The molecule has 1 saturated heterocycles. The molecule has 1 aliphatic heterocycles. The van der Waals surface area contributed by atoms with E-state index in [4.69, 9.17) is 5.73 Å². The molecule has 1 amide bonds. The summed E-state index contributed by atoms with van der Waals surface area (Å²) in [6.45, 7) is 8.69. The zero-order chi connectivity index (χ0) is 14.8. The summed E-state index contributed by atoms with van der Waals surface area (Å²) in [5.41, 5.74) is 5.04. The van der Waals surface area contributed by atoms with Gasteiger partial charge in [-0.2, -0.15) is 0 Å². The number of nitrogens with zero attached hydrogens (tertiary/aromatic N) is 1. The molecule has 5 heteroatoms. The van der Waals surface area contributed by atoms with Gasteiger partial charge < -0.3 is 15.7 Å². The van der Waals surface area contributed by atoms with Crippen molar-refractivity contribution < 1.29 is 14.7 Å². The predicted octanol–water partition coefficient (Wildman–Crippen LogP) is 1.46. The molecule has 0 spiro atoms. The van der Waals surface area contributed by atoms with Crippen LogP contribution in [0.2, 0.25) is 0 Å². The van der Waals surface area contributed by atoms with Crippen LogP contribution in [0.5, 0.6) is 0 Å². The number of carbonyl (C=O) groups excluding carboxylic acids is 1. The maximum atomic E-state index is 12.3. The lowest BCUT2D eigenvalue weighted by Gasteiger charge is -2.40. The minimum Gasteiger partial charge on any atom is -0.481 e. The average molecular weight is 270 g/mol. The van der Waals surface area contributed by atoms with Crippen molar-refractivity contribution in [2.45, 2.75) is 53.0 Å². The van der Waals surface area contributed by atoms with E-state index in [1.54, 1.807) is 4.90 Å². The molecular formula is C14H26N2O3. The molecule has 0 aliphatic carbocycles. The van der Waals surface area contributed by atoms with Gasteiger partial charge in [-0.3, -0.25) is 9.59 Å². The number of likely N-dealkylation sites (tertiary alicyclic amines) is 1. The summed E-state index contributed by atoms with van der Waals surface area (Å²) >= 11 is 0. The normalized spacial score (nSPS) is 21.0. The maximum Gasteiger partial charge on any atom is 0.309 e. The molecule has 0 radical (unpaired) electrons. The number of hydrogen-bond donors (Lipinski definition) is 2. The standard InChI is InChI=1S/C14H26N2O3/c1-5-14(12(18)19)6-8-16(9-7-14)11(17)10(15)13(2,3)4/h10H,5-9,15H2,1-4H3,(H,18,19). The van der Waals surface area contributed by atoms with E-state index in [0.29, 0.717) is 32.4 Å². The number of hydrogen-bond acceptors (Lipinski definition) is 3. The molecule has 0 saturated carbocycles. The van der Waals surface area contributed by atoms with Crippen molar-refractivity contribution in [1.82, 2.24) is 4.90 Å². The summed E-state index contributed by atoms with van der Waals surface area (Å²) in [7, 11) is 0. The van der Waals surface area contributed by atoms with Crippen LogP contribution < -0.4 is 5.73 Å². The summed E-state index contributed by atoms with van der Waals surface area (Å²) in [4.78, 5) is 25.3. The molecule has 110 valence electrons. The van der Waals surface area contributed by atoms with E-state index in [1.807, 2.05) is 27.7 Å². The van der Waals surface area contributed by atoms with Gasteiger partial charge in [0.1, 0.15) is 0 Å². The van der Waals surface area contributed by atoms with Gasteiger partial charge in [0.05, 0.1) is 11.5 Å². The topological polar surface area (TPSA) is 83.6 Å². The first kappa shape index (κ1) is 16.0. The van der Waals surface area contributed by atoms with Crippen molar-refractivity contribution in [1.29, 1.82) is 0 Å². The fourth-order valence-corrected chi connectivity index (χ4v) is 2.44. The van der Waals surface area contributed by atoms with Gasteiger partial charge in [-0.25, -0.2) is 0 Å². The molecule has 0 aromatic rings. The molecule has 19 heavy (non-hydrogen) atoms. The zero-order valence-electron chi connectivity index (χ0n) is 12.4. The number of aliphatic carboxylic acids is 1. The number of carboxylic acids is 1. The van der Waals surface area contributed by atoms with E-state index in [0.717, 1.165) is 0 Å². The summed E-state index contributed by atoms with van der Waals surface area (Å²) < 4.78 is 0. The maximum absolute atomic E-state index is 12.3. The smallest absolute Gasteiger partial charge is 0.309 e. The molecule has 3 N–H and O–H groups in total. The molecule has 1 atom stereocenters. The van der Waals surface area contributed by atoms with Gasteiger partial charge in [-0.05, 0) is 24.7 Å². The Balaban J connectivity index is 2.69. The van der Waals surface area contributed by atoms with Crippen LogP contribution in [0.15, 0.2) is 0 Å². The van der Waals surface area contributed by atoms with Crippen molar-refractivity contribution in [3.63, 3.8) is 0 Å². The van der Waals surface area contributed by atoms with Crippen molar-refractivity contribution >= 4 is 11.9 Å². The van der Waals surface area contributed by atoms with E-state index < -0.39 is 17.4 Å². The summed E-state index contributed by atoms with van der Waals surface area (Å²) in [6.07, 6.45) is 1.64. The Kier molecular flexibility index (Phi) is 4.61. The highest BCUT2D eigenvalue weighted by molar-refractivity contribution is 5.83. The second-order valence-electron chi connectivity index (χ2n) is 6.61. The monoisotopic (exact) mass is 270 g/mol. The minimum absolute atomic E-state index is 0.0670. The van der Waals surface area contributed by atoms with E-state index in [2.05, 4.69) is 0 Å². The third-order valence-electron chi connectivity index (χ3n) is 4.36. The first-order chi connectivity index (χ1) is 8.64. The van der Waals surface area contributed by atoms with Crippen LogP contribution in [0.1, 0.15) is 47.0 Å². The van der Waals surface area contributed by atoms with Gasteiger partial charge in [0, 0.05) is 13.1 Å². The summed E-state index contributed by atoms with van der Waals surface area (Å²) in [6, 6.07) is -0.536. The average Bonchev–Trinajstić information content (AvgIpc) is 2.35. The van der Waals surface area contributed by atoms with Gasteiger partial charge in [0.25, 0.3) is 0 Å².